The van der Waals surface area contributed by atoms with Crippen LogP contribution < -0.4 is 10.6 Å². The summed E-state index contributed by atoms with van der Waals surface area (Å²) in [5.41, 5.74) is 0. The van der Waals surface area contributed by atoms with Gasteiger partial charge in [0.05, 0.1) is 0 Å². The summed E-state index contributed by atoms with van der Waals surface area (Å²) in [6.45, 7) is 2.11. The van der Waals surface area contributed by atoms with Crippen LogP contribution in [0.1, 0.15) is 12.8 Å². The molecule has 1 aliphatic heterocycles. The molecule has 1 aliphatic rings. The lowest BCUT2D eigenvalue weighted by atomic mass is 10.1. The zero-order valence-electron chi connectivity index (χ0n) is 7.76. The second kappa shape index (κ2) is 4.30. The van der Waals surface area contributed by atoms with Crippen molar-refractivity contribution in [2.24, 2.45) is 0 Å². The molecule has 0 aromatic carbocycles. The Morgan fingerprint density at radius 1 is 1.58 bits per heavy atom. The van der Waals surface area contributed by atoms with Crippen molar-refractivity contribution in [1.29, 1.82) is 0 Å². The Bertz CT molecular complexity index is 160. The molecule has 1 fully saturated rings. The molecule has 70 valence electrons. The Morgan fingerprint density at radius 2 is 2.33 bits per heavy atom. The number of amides is 2. The standard InChI is InChI=1S/C8H17N3O/c1-9-8(12)10-7-4-3-5-11(2)6-7/h7H,3-6H2,1-2H3,(H2,9,10,12). The number of carbonyl (C=O) groups excluding carboxylic acids is 1. The number of urea groups is 1. The summed E-state index contributed by atoms with van der Waals surface area (Å²) in [6, 6.07) is 0.249. The van der Waals surface area contributed by atoms with Crippen LogP contribution in [0.5, 0.6) is 0 Å². The SMILES string of the molecule is CNC(=O)NC1CCCN(C)C1. The van der Waals surface area contributed by atoms with Gasteiger partial charge in [-0.1, -0.05) is 0 Å². The summed E-state index contributed by atoms with van der Waals surface area (Å²) < 4.78 is 0. The van der Waals surface area contributed by atoms with Crippen LogP contribution >= 0.6 is 0 Å². The average Bonchev–Trinajstić information content (AvgIpc) is 2.04. The van der Waals surface area contributed by atoms with Gasteiger partial charge in [-0.3, -0.25) is 0 Å². The second-order valence-corrected chi connectivity index (χ2v) is 3.32. The minimum atomic E-state index is -0.0738. The normalized spacial score (nSPS) is 25.0. The molecule has 0 saturated carbocycles. The lowest BCUT2D eigenvalue weighted by Gasteiger charge is -2.29. The van der Waals surface area contributed by atoms with Crippen LogP contribution in [0.25, 0.3) is 0 Å². The fraction of sp³-hybridized carbons (Fsp3) is 0.875. The van der Waals surface area contributed by atoms with Crippen LogP contribution in [0.2, 0.25) is 0 Å². The zero-order valence-corrected chi connectivity index (χ0v) is 7.76. The minimum Gasteiger partial charge on any atom is -0.341 e. The monoisotopic (exact) mass is 171 g/mol. The lowest BCUT2D eigenvalue weighted by Crippen LogP contribution is -2.48. The molecule has 4 nitrogen and oxygen atoms in total. The molecule has 0 aromatic rings. The van der Waals surface area contributed by atoms with Crippen LogP contribution in [0.3, 0.4) is 0 Å². The zero-order chi connectivity index (χ0) is 8.97. The Labute approximate surface area is 73.3 Å². The molecule has 2 amide bonds. The van der Waals surface area contributed by atoms with Crippen molar-refractivity contribution in [3.63, 3.8) is 0 Å². The molecule has 4 heteroatoms. The molecule has 0 radical (unpaired) electrons. The van der Waals surface area contributed by atoms with Gasteiger partial charge >= 0.3 is 6.03 Å². The molecular weight excluding hydrogens is 154 g/mol. The van der Waals surface area contributed by atoms with E-state index in [0.29, 0.717) is 6.04 Å². The summed E-state index contributed by atoms with van der Waals surface area (Å²) in [7, 11) is 3.72. The van der Waals surface area contributed by atoms with Crippen molar-refractivity contribution in [1.82, 2.24) is 15.5 Å². The molecular formula is C8H17N3O. The van der Waals surface area contributed by atoms with E-state index in [-0.39, 0.29) is 6.03 Å². The van der Waals surface area contributed by atoms with Gasteiger partial charge in [-0.2, -0.15) is 0 Å². The number of nitrogens with zero attached hydrogens (tertiary/aromatic N) is 1. The number of likely N-dealkylation sites (tertiary alicyclic amines) is 1. The Morgan fingerprint density at radius 3 is 2.92 bits per heavy atom. The van der Waals surface area contributed by atoms with Crippen LogP contribution in [-0.4, -0.2) is 44.2 Å². The van der Waals surface area contributed by atoms with Gasteiger partial charge in [0.2, 0.25) is 0 Å². The number of piperidine rings is 1. The van der Waals surface area contributed by atoms with Crippen molar-refractivity contribution < 1.29 is 4.79 Å². The molecule has 1 unspecified atom stereocenters. The van der Waals surface area contributed by atoms with E-state index in [1.165, 1.54) is 6.42 Å². The molecule has 0 bridgehead atoms. The van der Waals surface area contributed by atoms with Crippen molar-refractivity contribution >= 4 is 6.03 Å². The number of hydrogen-bond donors (Lipinski definition) is 2. The first kappa shape index (κ1) is 9.32. The molecule has 1 atom stereocenters. The summed E-state index contributed by atoms with van der Waals surface area (Å²) in [4.78, 5) is 13.2. The summed E-state index contributed by atoms with van der Waals surface area (Å²) >= 11 is 0. The van der Waals surface area contributed by atoms with E-state index >= 15 is 0 Å². The molecule has 2 N–H and O–H groups in total. The third kappa shape index (κ3) is 2.70. The van der Waals surface area contributed by atoms with Crippen molar-refractivity contribution in [3.05, 3.63) is 0 Å². The van der Waals surface area contributed by atoms with Gasteiger partial charge in [0.1, 0.15) is 0 Å². The Kier molecular flexibility index (Phi) is 3.34. The lowest BCUT2D eigenvalue weighted by molar-refractivity contribution is 0.210. The summed E-state index contributed by atoms with van der Waals surface area (Å²) in [5.74, 6) is 0. The summed E-state index contributed by atoms with van der Waals surface area (Å²) in [6.07, 6.45) is 2.27. The van der Waals surface area contributed by atoms with Crippen LogP contribution in [0.15, 0.2) is 0 Å². The van der Waals surface area contributed by atoms with Gasteiger partial charge in [0, 0.05) is 19.6 Å². The third-order valence-corrected chi connectivity index (χ3v) is 2.19. The van der Waals surface area contributed by atoms with Crippen molar-refractivity contribution in [3.8, 4) is 0 Å². The van der Waals surface area contributed by atoms with E-state index in [2.05, 4.69) is 22.6 Å². The van der Waals surface area contributed by atoms with E-state index in [9.17, 15) is 4.79 Å². The highest BCUT2D eigenvalue weighted by Gasteiger charge is 2.17. The van der Waals surface area contributed by atoms with Gasteiger partial charge in [-0.25, -0.2) is 4.79 Å². The first-order valence-electron chi connectivity index (χ1n) is 4.39. The first-order valence-corrected chi connectivity index (χ1v) is 4.39. The first-order chi connectivity index (χ1) is 5.72. The second-order valence-electron chi connectivity index (χ2n) is 3.32. The molecule has 12 heavy (non-hydrogen) atoms. The summed E-state index contributed by atoms with van der Waals surface area (Å²) in [5, 5.41) is 5.47. The number of likely N-dealkylation sites (N-methyl/N-ethyl adjacent to an activating group) is 1. The predicted octanol–water partition coefficient (Wildman–Crippen LogP) is 0.00960. The smallest absolute Gasteiger partial charge is 0.314 e. The van der Waals surface area contributed by atoms with E-state index in [0.717, 1.165) is 19.5 Å². The van der Waals surface area contributed by atoms with Gasteiger partial charge in [-0.15, -0.1) is 0 Å². The maximum absolute atomic E-state index is 10.9. The molecule has 0 aliphatic carbocycles. The van der Waals surface area contributed by atoms with E-state index < -0.39 is 0 Å². The van der Waals surface area contributed by atoms with Crippen molar-refractivity contribution in [2.75, 3.05) is 27.2 Å². The van der Waals surface area contributed by atoms with E-state index in [4.69, 9.17) is 0 Å². The highest BCUT2D eigenvalue weighted by atomic mass is 16.2. The van der Waals surface area contributed by atoms with E-state index in [1.54, 1.807) is 7.05 Å². The Balaban J connectivity index is 2.27. The number of hydrogen-bond acceptors (Lipinski definition) is 2. The van der Waals surface area contributed by atoms with Crippen LogP contribution in [0.4, 0.5) is 4.79 Å². The third-order valence-electron chi connectivity index (χ3n) is 2.19. The molecule has 0 spiro atoms. The number of nitrogens with one attached hydrogen (secondary N) is 2. The van der Waals surface area contributed by atoms with Gasteiger partial charge in [0.15, 0.2) is 0 Å². The molecule has 1 saturated heterocycles. The number of rotatable bonds is 1. The highest BCUT2D eigenvalue weighted by molar-refractivity contribution is 5.73. The highest BCUT2D eigenvalue weighted by Crippen LogP contribution is 2.07. The van der Waals surface area contributed by atoms with Gasteiger partial charge in [-0.05, 0) is 26.4 Å². The largest absolute Gasteiger partial charge is 0.341 e. The average molecular weight is 171 g/mol. The maximum Gasteiger partial charge on any atom is 0.314 e. The molecule has 1 rings (SSSR count). The van der Waals surface area contributed by atoms with Gasteiger partial charge < -0.3 is 15.5 Å². The fourth-order valence-corrected chi connectivity index (χ4v) is 1.54. The van der Waals surface area contributed by atoms with Gasteiger partial charge in [0.25, 0.3) is 0 Å². The maximum atomic E-state index is 10.9. The Hall–Kier alpha value is -0.770. The topological polar surface area (TPSA) is 44.4 Å². The van der Waals surface area contributed by atoms with Crippen LogP contribution in [-0.2, 0) is 0 Å². The van der Waals surface area contributed by atoms with Crippen LogP contribution in [0, 0.1) is 0 Å². The molecule has 1 heterocycles. The fourth-order valence-electron chi connectivity index (χ4n) is 1.54. The van der Waals surface area contributed by atoms with Crippen molar-refractivity contribution in [2.45, 2.75) is 18.9 Å². The minimum absolute atomic E-state index is 0.0738. The molecule has 0 aromatic heterocycles. The van der Waals surface area contributed by atoms with E-state index in [1.807, 2.05) is 0 Å². The predicted molar refractivity (Wildman–Crippen MR) is 48.1 cm³/mol. The number of carbonyl (C=O) groups is 1. The quantitative estimate of drug-likeness (QED) is 0.583.